The van der Waals surface area contributed by atoms with Crippen molar-refractivity contribution in [3.05, 3.63) is 53.0 Å². The summed E-state index contributed by atoms with van der Waals surface area (Å²) in [4.78, 5) is 13.0. The van der Waals surface area contributed by atoms with Crippen LogP contribution in [0.3, 0.4) is 0 Å². The molecule has 0 radical (unpaired) electrons. The molecule has 1 N–H and O–H groups in total. The number of carbonyl (C=O) groups is 1. The van der Waals surface area contributed by atoms with E-state index in [1.54, 1.807) is 11.3 Å². The molecule has 3 nitrogen and oxygen atoms in total. The van der Waals surface area contributed by atoms with E-state index in [2.05, 4.69) is 40.4 Å². The monoisotopic (exact) mass is 338 g/mol. The van der Waals surface area contributed by atoms with Crippen LogP contribution in [0, 0.1) is 0 Å². The van der Waals surface area contributed by atoms with Gasteiger partial charge in [0, 0.05) is 11.7 Å². The van der Waals surface area contributed by atoms with Crippen LogP contribution in [-0.2, 0) is 6.42 Å². The first-order chi connectivity index (χ1) is 11.8. The Morgan fingerprint density at radius 2 is 2.04 bits per heavy atom. The van der Waals surface area contributed by atoms with Crippen LogP contribution in [0.25, 0.3) is 10.2 Å². The van der Waals surface area contributed by atoms with Crippen molar-refractivity contribution in [2.24, 2.45) is 0 Å². The number of hydrogen-bond acceptors (Lipinski definition) is 2. The first-order valence-electron chi connectivity index (χ1n) is 8.75. The molecule has 0 spiro atoms. The van der Waals surface area contributed by atoms with Gasteiger partial charge < -0.3 is 9.88 Å². The van der Waals surface area contributed by atoms with Gasteiger partial charge in [-0.2, -0.15) is 0 Å². The largest absolute Gasteiger partial charge is 0.333 e. The lowest BCUT2D eigenvalue weighted by molar-refractivity contribution is 0.101. The van der Waals surface area contributed by atoms with Gasteiger partial charge in [0.05, 0.1) is 10.2 Å². The number of thiophene rings is 1. The molecule has 1 aliphatic carbocycles. The van der Waals surface area contributed by atoms with Crippen molar-refractivity contribution in [1.82, 2.24) is 4.57 Å². The number of benzene rings is 1. The van der Waals surface area contributed by atoms with E-state index in [9.17, 15) is 4.79 Å². The van der Waals surface area contributed by atoms with Crippen LogP contribution in [0.15, 0.2) is 41.8 Å². The van der Waals surface area contributed by atoms with Crippen molar-refractivity contribution in [2.75, 3.05) is 5.32 Å². The SMILES string of the molecule is CCc1ccccc1NC(=O)c1cc2sccc2n1C1CCCC1. The van der Waals surface area contributed by atoms with Crippen molar-refractivity contribution in [3.63, 3.8) is 0 Å². The van der Waals surface area contributed by atoms with Crippen LogP contribution in [0.2, 0.25) is 0 Å². The summed E-state index contributed by atoms with van der Waals surface area (Å²) < 4.78 is 3.48. The van der Waals surface area contributed by atoms with Gasteiger partial charge in [-0.3, -0.25) is 4.79 Å². The third kappa shape index (κ3) is 2.65. The zero-order valence-electron chi connectivity index (χ0n) is 13.9. The van der Waals surface area contributed by atoms with Crippen LogP contribution < -0.4 is 5.32 Å². The summed E-state index contributed by atoms with van der Waals surface area (Å²) in [6, 6.07) is 12.7. The Bertz CT molecular complexity index is 871. The lowest BCUT2D eigenvalue weighted by Gasteiger charge is -2.17. The maximum atomic E-state index is 13.0. The highest BCUT2D eigenvalue weighted by Crippen LogP contribution is 2.36. The Morgan fingerprint density at radius 3 is 2.83 bits per heavy atom. The predicted octanol–water partition coefficient (Wildman–Crippen LogP) is 5.63. The summed E-state index contributed by atoms with van der Waals surface area (Å²) in [7, 11) is 0. The average Bonchev–Trinajstić information content (AvgIpc) is 3.31. The number of aromatic nitrogens is 1. The van der Waals surface area contributed by atoms with Gasteiger partial charge in [-0.05, 0) is 48.4 Å². The molecule has 1 aromatic carbocycles. The Labute approximate surface area is 146 Å². The number of anilines is 1. The van der Waals surface area contributed by atoms with E-state index in [1.807, 2.05) is 18.2 Å². The Balaban J connectivity index is 1.71. The zero-order valence-corrected chi connectivity index (χ0v) is 14.7. The third-order valence-corrected chi connectivity index (χ3v) is 5.88. The maximum Gasteiger partial charge on any atom is 0.272 e. The molecular formula is C20H22N2OS. The summed E-state index contributed by atoms with van der Waals surface area (Å²) >= 11 is 1.71. The second kappa shape index (κ2) is 6.44. The molecule has 0 unspecified atom stereocenters. The van der Waals surface area contributed by atoms with Gasteiger partial charge in [0.15, 0.2) is 0 Å². The van der Waals surface area contributed by atoms with Crippen LogP contribution in [-0.4, -0.2) is 10.5 Å². The van der Waals surface area contributed by atoms with Gasteiger partial charge in [-0.25, -0.2) is 0 Å². The van der Waals surface area contributed by atoms with Crippen LogP contribution in [0.4, 0.5) is 5.69 Å². The molecule has 2 aromatic heterocycles. The predicted molar refractivity (Wildman–Crippen MR) is 101 cm³/mol. The smallest absolute Gasteiger partial charge is 0.272 e. The summed E-state index contributed by atoms with van der Waals surface area (Å²) in [6.45, 7) is 2.11. The number of aryl methyl sites for hydroxylation is 1. The molecule has 3 aromatic rings. The first-order valence-corrected chi connectivity index (χ1v) is 9.63. The minimum atomic E-state index is 0.00574. The fourth-order valence-corrected chi connectivity index (χ4v) is 4.62. The molecular weight excluding hydrogens is 316 g/mol. The summed E-state index contributed by atoms with van der Waals surface area (Å²) in [5, 5.41) is 5.25. The van der Waals surface area contributed by atoms with E-state index in [4.69, 9.17) is 0 Å². The maximum absolute atomic E-state index is 13.0. The highest BCUT2D eigenvalue weighted by atomic mass is 32.1. The summed E-state index contributed by atoms with van der Waals surface area (Å²) in [5.74, 6) is 0.00574. The standard InChI is InChI=1S/C20H22N2OS/c1-2-14-7-3-6-10-16(14)21-20(23)18-13-19-17(11-12-24-19)22(18)15-8-4-5-9-15/h3,6-7,10-13,15H,2,4-5,8-9H2,1H3,(H,21,23). The second-order valence-electron chi connectivity index (χ2n) is 6.47. The van der Waals surface area contributed by atoms with Crippen molar-refractivity contribution >= 4 is 33.1 Å². The van der Waals surface area contributed by atoms with Gasteiger partial charge in [-0.15, -0.1) is 11.3 Å². The molecule has 4 heteroatoms. The van der Waals surface area contributed by atoms with Crippen LogP contribution in [0.5, 0.6) is 0 Å². The van der Waals surface area contributed by atoms with Gasteiger partial charge >= 0.3 is 0 Å². The molecule has 1 aliphatic rings. The molecule has 124 valence electrons. The fraction of sp³-hybridized carbons (Fsp3) is 0.350. The lowest BCUT2D eigenvalue weighted by Crippen LogP contribution is -2.19. The molecule has 1 amide bonds. The molecule has 1 saturated carbocycles. The Kier molecular flexibility index (Phi) is 4.15. The van der Waals surface area contributed by atoms with Gasteiger partial charge in [0.2, 0.25) is 0 Å². The molecule has 0 bridgehead atoms. The third-order valence-electron chi connectivity index (χ3n) is 5.03. The average molecular weight is 338 g/mol. The van der Waals surface area contributed by atoms with E-state index >= 15 is 0 Å². The quantitative estimate of drug-likeness (QED) is 0.657. The molecule has 24 heavy (non-hydrogen) atoms. The number of para-hydroxylation sites is 1. The molecule has 4 rings (SSSR count). The lowest BCUT2D eigenvalue weighted by atomic mass is 10.1. The fourth-order valence-electron chi connectivity index (χ4n) is 3.81. The van der Waals surface area contributed by atoms with Crippen molar-refractivity contribution in [3.8, 4) is 0 Å². The number of amides is 1. The molecule has 0 atom stereocenters. The van der Waals surface area contributed by atoms with Crippen LogP contribution >= 0.6 is 11.3 Å². The Morgan fingerprint density at radius 1 is 1.25 bits per heavy atom. The van der Waals surface area contributed by atoms with Gasteiger partial charge in [0.25, 0.3) is 5.91 Å². The van der Waals surface area contributed by atoms with Crippen molar-refractivity contribution in [2.45, 2.75) is 45.1 Å². The van der Waals surface area contributed by atoms with Crippen molar-refractivity contribution in [1.29, 1.82) is 0 Å². The number of carbonyl (C=O) groups excluding carboxylic acids is 1. The Hall–Kier alpha value is -2.07. The van der Waals surface area contributed by atoms with Gasteiger partial charge in [-0.1, -0.05) is 38.0 Å². The highest BCUT2D eigenvalue weighted by molar-refractivity contribution is 7.17. The summed E-state index contributed by atoms with van der Waals surface area (Å²) in [5.41, 5.74) is 4.11. The van der Waals surface area contributed by atoms with E-state index < -0.39 is 0 Å². The molecule has 1 fully saturated rings. The van der Waals surface area contributed by atoms with E-state index in [0.29, 0.717) is 6.04 Å². The minimum Gasteiger partial charge on any atom is -0.333 e. The number of fused-ring (bicyclic) bond motifs is 1. The molecule has 0 aliphatic heterocycles. The van der Waals surface area contributed by atoms with Crippen molar-refractivity contribution < 1.29 is 4.79 Å². The number of nitrogens with zero attached hydrogens (tertiary/aromatic N) is 1. The normalized spacial score (nSPS) is 15.2. The first kappa shape index (κ1) is 15.5. The molecule has 2 heterocycles. The number of rotatable bonds is 4. The van der Waals surface area contributed by atoms with Gasteiger partial charge in [0.1, 0.15) is 5.69 Å². The number of nitrogens with one attached hydrogen (secondary N) is 1. The van der Waals surface area contributed by atoms with E-state index in [1.165, 1.54) is 41.5 Å². The topological polar surface area (TPSA) is 34.0 Å². The second-order valence-corrected chi connectivity index (χ2v) is 7.42. The molecule has 0 saturated heterocycles. The van der Waals surface area contributed by atoms with E-state index in [0.717, 1.165) is 17.8 Å². The highest BCUT2D eigenvalue weighted by Gasteiger charge is 2.25. The van der Waals surface area contributed by atoms with E-state index in [-0.39, 0.29) is 5.91 Å². The minimum absolute atomic E-state index is 0.00574. The summed E-state index contributed by atoms with van der Waals surface area (Å²) in [6.07, 6.45) is 5.77. The number of hydrogen-bond donors (Lipinski definition) is 1. The van der Waals surface area contributed by atoms with Crippen LogP contribution in [0.1, 0.15) is 54.7 Å². The zero-order chi connectivity index (χ0) is 16.5.